The average molecular weight is 337 g/mol. The van der Waals surface area contributed by atoms with Crippen molar-refractivity contribution in [1.29, 1.82) is 0 Å². The van der Waals surface area contributed by atoms with E-state index in [1.807, 2.05) is 0 Å². The second-order valence-electron chi connectivity index (χ2n) is 4.24. The highest BCUT2D eigenvalue weighted by molar-refractivity contribution is 8.37. The minimum absolute atomic E-state index is 0.342. The predicted octanol–water partition coefficient (Wildman–Crippen LogP) is 0.927. The van der Waals surface area contributed by atoms with Crippen molar-refractivity contribution in [2.24, 2.45) is 0 Å². The van der Waals surface area contributed by atoms with Gasteiger partial charge in [-0.3, -0.25) is 4.57 Å². The number of aromatic nitrogens is 2. The van der Waals surface area contributed by atoms with Gasteiger partial charge in [-0.1, -0.05) is 7.96 Å². The smallest absolute Gasteiger partial charge is 0.351 e. The van der Waals surface area contributed by atoms with Gasteiger partial charge in [0.2, 0.25) is 0 Å². The van der Waals surface area contributed by atoms with E-state index >= 15 is 0 Å². The topological polar surface area (TPSA) is 85.6 Å². The quantitative estimate of drug-likeness (QED) is 0.593. The highest BCUT2D eigenvalue weighted by Crippen LogP contribution is 2.44. The molecule has 3 unspecified atom stereocenters. The predicted molar refractivity (Wildman–Crippen MR) is 84.9 cm³/mol. The van der Waals surface area contributed by atoms with Gasteiger partial charge in [0.05, 0.1) is 12.7 Å². The molecule has 0 aromatic carbocycles. The summed E-state index contributed by atoms with van der Waals surface area (Å²) in [5.41, 5.74) is -0.399. The van der Waals surface area contributed by atoms with E-state index in [4.69, 9.17) is 9.26 Å². The molecule has 1 saturated heterocycles. The summed E-state index contributed by atoms with van der Waals surface area (Å²) in [5.74, 6) is 0.507. The van der Waals surface area contributed by atoms with Crippen LogP contribution in [0.25, 0.3) is 0 Å². The van der Waals surface area contributed by atoms with Crippen molar-refractivity contribution in [2.45, 2.75) is 24.9 Å². The van der Waals surface area contributed by atoms with Crippen LogP contribution in [0.4, 0.5) is 5.82 Å². The Hall–Kier alpha value is -0.150. The third kappa shape index (κ3) is 3.94. The van der Waals surface area contributed by atoms with Crippen LogP contribution in [0.5, 0.6) is 0 Å². The number of anilines is 1. The van der Waals surface area contributed by atoms with Gasteiger partial charge in [-0.25, -0.2) is 4.79 Å². The highest BCUT2D eigenvalue weighted by Gasteiger charge is 2.35. The number of hydrogen-bond acceptors (Lipinski definition) is 6. The Morgan fingerprint density at radius 1 is 1.75 bits per heavy atom. The molecule has 0 saturated carbocycles. The van der Waals surface area contributed by atoms with E-state index in [1.54, 1.807) is 19.3 Å². The van der Waals surface area contributed by atoms with Crippen molar-refractivity contribution < 1.29 is 14.4 Å². The Balaban J connectivity index is 2.02. The molecule has 20 heavy (non-hydrogen) atoms. The van der Waals surface area contributed by atoms with Crippen molar-refractivity contribution in [3.05, 3.63) is 22.7 Å². The van der Waals surface area contributed by atoms with Crippen molar-refractivity contribution in [1.82, 2.24) is 9.55 Å². The molecule has 0 amide bonds. The third-order valence-electron chi connectivity index (χ3n) is 2.98. The van der Waals surface area contributed by atoms with Crippen LogP contribution in [-0.4, -0.2) is 40.5 Å². The normalized spacial score (nSPS) is 27.1. The lowest BCUT2D eigenvalue weighted by molar-refractivity contribution is -0.0383. The number of hydrogen-bond donors (Lipinski definition) is 2. The van der Waals surface area contributed by atoms with E-state index in [1.165, 1.54) is 4.57 Å². The molecule has 1 fully saturated rings. The van der Waals surface area contributed by atoms with Gasteiger partial charge in [0.15, 0.2) is 0 Å². The average Bonchev–Trinajstić information content (AvgIpc) is 2.80. The molecular weight excluding hydrogens is 319 g/mol. The molecule has 2 heterocycles. The molecule has 1 aromatic heterocycles. The Labute approximate surface area is 122 Å². The summed E-state index contributed by atoms with van der Waals surface area (Å²) in [4.78, 5) is 15.7. The molecular formula is C10H18N3O4P3. The molecule has 2 rings (SSSR count). The van der Waals surface area contributed by atoms with Crippen LogP contribution >= 0.6 is 25.4 Å². The van der Waals surface area contributed by atoms with E-state index in [0.29, 0.717) is 35.3 Å². The second-order valence-corrected chi connectivity index (χ2v) is 9.10. The van der Waals surface area contributed by atoms with Gasteiger partial charge in [-0.2, -0.15) is 4.98 Å². The highest BCUT2D eigenvalue weighted by atomic mass is 32.4. The van der Waals surface area contributed by atoms with Gasteiger partial charge in [-0.15, -0.1) is 8.93 Å². The third-order valence-corrected chi connectivity index (χ3v) is 5.26. The van der Waals surface area contributed by atoms with Crippen molar-refractivity contribution >= 4 is 31.2 Å². The summed E-state index contributed by atoms with van der Waals surface area (Å²) < 4.78 is 12.5. The Kier molecular flexibility index (Phi) is 6.28. The molecule has 7 nitrogen and oxygen atoms in total. The zero-order valence-corrected chi connectivity index (χ0v) is 14.1. The summed E-state index contributed by atoms with van der Waals surface area (Å²) in [5, 5.41) is 12.8. The lowest BCUT2D eigenvalue weighted by Crippen LogP contribution is -2.28. The van der Waals surface area contributed by atoms with Crippen LogP contribution in [0, 0.1) is 0 Å². The lowest BCUT2D eigenvalue weighted by atomic mass is 10.2. The maximum Gasteiger partial charge on any atom is 0.351 e. The van der Waals surface area contributed by atoms with E-state index < -0.39 is 24.1 Å². The molecule has 0 bridgehead atoms. The van der Waals surface area contributed by atoms with Crippen LogP contribution in [-0.2, 0) is 9.26 Å². The number of nitrogens with zero attached hydrogens (tertiary/aromatic N) is 2. The van der Waals surface area contributed by atoms with Crippen LogP contribution in [0.2, 0.25) is 0 Å². The number of ether oxygens (including phenoxy) is 1. The van der Waals surface area contributed by atoms with Crippen LogP contribution in [0.15, 0.2) is 17.1 Å². The van der Waals surface area contributed by atoms with Gasteiger partial charge in [0.1, 0.15) is 18.1 Å². The fourth-order valence-corrected chi connectivity index (χ4v) is 3.55. The van der Waals surface area contributed by atoms with Gasteiger partial charge in [-0.05, 0) is 6.07 Å². The zero-order valence-electron chi connectivity index (χ0n) is 10.9. The Morgan fingerprint density at radius 3 is 3.20 bits per heavy atom. The molecule has 6 atom stereocenters. The van der Waals surface area contributed by atoms with Gasteiger partial charge >= 0.3 is 5.69 Å². The minimum atomic E-state index is -0.631. The molecule has 1 aliphatic rings. The maximum atomic E-state index is 11.9. The molecule has 0 aliphatic carbocycles. The molecule has 10 heteroatoms. The summed E-state index contributed by atoms with van der Waals surface area (Å²) in [6, 6.07) is 1.69. The number of aliphatic hydroxyl groups is 1. The van der Waals surface area contributed by atoms with E-state index in [0.717, 1.165) is 0 Å². The summed E-state index contributed by atoms with van der Waals surface area (Å²) in [6.45, 7) is 0.342. The van der Waals surface area contributed by atoms with E-state index in [2.05, 4.69) is 19.2 Å². The van der Waals surface area contributed by atoms with Crippen molar-refractivity contribution in [3.63, 3.8) is 0 Å². The molecule has 2 N–H and O–H groups in total. The van der Waals surface area contributed by atoms with Gasteiger partial charge < -0.3 is 19.7 Å². The molecule has 0 radical (unpaired) electrons. The summed E-state index contributed by atoms with van der Waals surface area (Å²) in [7, 11) is 5.35. The number of aliphatic hydroxyl groups excluding tert-OH is 1. The molecule has 0 spiro atoms. The minimum Gasteiger partial charge on any atom is -0.390 e. The first-order chi connectivity index (χ1) is 9.65. The number of nitrogens with one attached hydrogen (secondary N) is 1. The largest absolute Gasteiger partial charge is 0.390 e. The van der Waals surface area contributed by atoms with Crippen LogP contribution < -0.4 is 11.0 Å². The standard InChI is InChI=1S/C10H18N3O4P3/c1-11-8-2-3-13(10(15)12-8)9-4-6(14)7(17-9)5-16-19-20-18/h2-3,6-7,9,14,19-20H,4-5,18H2,1H3,(H,11,12,15)/t6-,7-,9-/m1/s1. The molecule has 1 aromatic rings. The van der Waals surface area contributed by atoms with Crippen LogP contribution in [0.1, 0.15) is 12.6 Å². The SMILES string of the molecule is CNc1ccn([C@H]2C[C@@H](O)[C@@H](COPPP)O2)c(=O)n1. The first-order valence-corrected chi connectivity index (χ1v) is 10.8. The van der Waals surface area contributed by atoms with Gasteiger partial charge in [0.25, 0.3) is 0 Å². The lowest BCUT2D eigenvalue weighted by Gasteiger charge is -2.16. The van der Waals surface area contributed by atoms with Crippen LogP contribution in [0.3, 0.4) is 0 Å². The first kappa shape index (κ1) is 16.2. The van der Waals surface area contributed by atoms with Gasteiger partial charge in [0, 0.05) is 28.2 Å². The van der Waals surface area contributed by atoms with E-state index in [9.17, 15) is 9.90 Å². The monoisotopic (exact) mass is 337 g/mol. The van der Waals surface area contributed by atoms with E-state index in [-0.39, 0.29) is 0 Å². The second kappa shape index (κ2) is 7.74. The van der Waals surface area contributed by atoms with Crippen molar-refractivity contribution in [2.75, 3.05) is 19.0 Å². The molecule has 1 aliphatic heterocycles. The fraction of sp³-hybridized carbons (Fsp3) is 0.600. The molecule has 112 valence electrons. The van der Waals surface area contributed by atoms with Crippen molar-refractivity contribution in [3.8, 4) is 0 Å². The number of rotatable bonds is 6. The maximum absolute atomic E-state index is 11.9. The Morgan fingerprint density at radius 2 is 2.55 bits per heavy atom. The zero-order chi connectivity index (χ0) is 14.5. The Bertz CT molecular complexity index is 501. The summed E-state index contributed by atoms with van der Waals surface area (Å²) >= 11 is 0. The summed E-state index contributed by atoms with van der Waals surface area (Å²) in [6.07, 6.45) is 0.457. The fourth-order valence-electron chi connectivity index (χ4n) is 1.97. The first-order valence-electron chi connectivity index (χ1n) is 6.08.